The standard InChI is InChI=1S/C12H14ClNO6S2/c1-4(15)7-9(13)14(10(7)18)8(11(19)20)12(21-5(2)16)22-6(3)17/h4,7,9,15H,1-3H3,(H,19,20)/t4-,7-,9-/m1/s1. The van der Waals surface area contributed by atoms with E-state index < -0.39 is 45.3 Å². The Morgan fingerprint density at radius 3 is 1.95 bits per heavy atom. The van der Waals surface area contributed by atoms with Crippen molar-refractivity contribution in [1.82, 2.24) is 4.90 Å². The van der Waals surface area contributed by atoms with Crippen molar-refractivity contribution in [3.8, 4) is 0 Å². The van der Waals surface area contributed by atoms with Crippen LogP contribution >= 0.6 is 35.1 Å². The molecule has 3 atom stereocenters. The van der Waals surface area contributed by atoms with Crippen LogP contribution in [0, 0.1) is 5.92 Å². The molecule has 0 saturated carbocycles. The number of aliphatic carboxylic acids is 1. The number of carboxylic acids is 1. The molecule has 22 heavy (non-hydrogen) atoms. The van der Waals surface area contributed by atoms with Gasteiger partial charge in [0, 0.05) is 13.8 Å². The maximum absolute atomic E-state index is 12.0. The van der Waals surface area contributed by atoms with Crippen molar-refractivity contribution in [3.05, 3.63) is 9.93 Å². The minimum Gasteiger partial charge on any atom is -0.477 e. The minimum absolute atomic E-state index is 0.129. The van der Waals surface area contributed by atoms with Crippen LogP contribution in [0.3, 0.4) is 0 Å². The van der Waals surface area contributed by atoms with Crippen LogP contribution in [-0.4, -0.2) is 48.8 Å². The molecule has 7 nitrogen and oxygen atoms in total. The lowest BCUT2D eigenvalue weighted by Gasteiger charge is -2.45. The van der Waals surface area contributed by atoms with E-state index in [0.29, 0.717) is 23.5 Å². The molecule has 0 unspecified atom stereocenters. The van der Waals surface area contributed by atoms with Gasteiger partial charge in [-0.15, -0.1) is 0 Å². The summed E-state index contributed by atoms with van der Waals surface area (Å²) in [6.45, 7) is 3.79. The molecule has 10 heteroatoms. The monoisotopic (exact) mass is 367 g/mol. The zero-order valence-corrected chi connectivity index (χ0v) is 14.3. The largest absolute Gasteiger partial charge is 0.477 e. The quantitative estimate of drug-likeness (QED) is 0.322. The van der Waals surface area contributed by atoms with E-state index in [4.69, 9.17) is 11.6 Å². The number of aliphatic hydroxyl groups excluding tert-OH is 1. The van der Waals surface area contributed by atoms with E-state index in [1.54, 1.807) is 0 Å². The van der Waals surface area contributed by atoms with Crippen molar-refractivity contribution in [2.24, 2.45) is 5.92 Å². The van der Waals surface area contributed by atoms with E-state index >= 15 is 0 Å². The number of nitrogens with zero attached hydrogens (tertiary/aromatic N) is 1. The second kappa shape index (κ2) is 7.49. The lowest BCUT2D eigenvalue weighted by molar-refractivity contribution is -0.157. The molecule has 0 aromatic heterocycles. The van der Waals surface area contributed by atoms with Crippen LogP contribution < -0.4 is 0 Å². The number of rotatable bonds is 5. The first-order valence-corrected chi connectivity index (χ1v) is 8.14. The summed E-state index contributed by atoms with van der Waals surface area (Å²) < 4.78 is -0.129. The molecule has 1 amide bonds. The molecule has 0 radical (unpaired) electrons. The Hall–Kier alpha value is -1.03. The van der Waals surface area contributed by atoms with Gasteiger partial charge in [0.1, 0.15) is 5.50 Å². The number of thioether (sulfide) groups is 2. The first-order chi connectivity index (χ1) is 10.1. The Kier molecular flexibility index (Phi) is 6.48. The summed E-state index contributed by atoms with van der Waals surface area (Å²) in [6, 6.07) is 0. The van der Waals surface area contributed by atoms with E-state index in [2.05, 4.69) is 0 Å². The molecule has 1 heterocycles. The predicted molar refractivity (Wildman–Crippen MR) is 82.9 cm³/mol. The van der Waals surface area contributed by atoms with Crippen molar-refractivity contribution in [1.29, 1.82) is 0 Å². The van der Waals surface area contributed by atoms with Gasteiger partial charge in [-0.25, -0.2) is 4.79 Å². The van der Waals surface area contributed by atoms with Crippen molar-refractivity contribution < 1.29 is 29.4 Å². The third-order valence-electron chi connectivity index (χ3n) is 2.69. The lowest BCUT2D eigenvalue weighted by Crippen LogP contribution is -2.62. The maximum Gasteiger partial charge on any atom is 0.354 e. The van der Waals surface area contributed by atoms with Crippen LogP contribution in [0.5, 0.6) is 0 Å². The van der Waals surface area contributed by atoms with E-state index in [9.17, 15) is 29.4 Å². The van der Waals surface area contributed by atoms with Crippen molar-refractivity contribution in [2.75, 3.05) is 0 Å². The summed E-state index contributed by atoms with van der Waals surface area (Å²) >= 11 is 7.07. The minimum atomic E-state index is -1.49. The highest BCUT2D eigenvalue weighted by molar-refractivity contribution is 8.34. The van der Waals surface area contributed by atoms with E-state index in [1.807, 2.05) is 0 Å². The number of β-lactam (4-membered cyclic amide) rings is 1. The highest BCUT2D eigenvalue weighted by Crippen LogP contribution is 2.41. The molecule has 0 aliphatic carbocycles. The average Bonchev–Trinajstić information content (AvgIpc) is 2.32. The lowest BCUT2D eigenvalue weighted by atomic mass is 9.92. The van der Waals surface area contributed by atoms with Gasteiger partial charge in [0.2, 0.25) is 5.91 Å². The van der Waals surface area contributed by atoms with Gasteiger partial charge >= 0.3 is 5.97 Å². The predicted octanol–water partition coefficient (Wildman–Crippen LogP) is 1.20. The van der Waals surface area contributed by atoms with Gasteiger partial charge in [0.05, 0.1) is 16.3 Å². The summed E-state index contributed by atoms with van der Waals surface area (Å²) in [7, 11) is 0. The van der Waals surface area contributed by atoms with Crippen LogP contribution in [0.15, 0.2) is 9.93 Å². The Balaban J connectivity index is 3.28. The summed E-state index contributed by atoms with van der Waals surface area (Å²) in [6.07, 6.45) is -1.04. The molecule has 1 fully saturated rings. The van der Waals surface area contributed by atoms with Gasteiger partial charge in [-0.05, 0) is 30.4 Å². The van der Waals surface area contributed by atoms with Gasteiger partial charge in [0.25, 0.3) is 0 Å². The summed E-state index contributed by atoms with van der Waals surface area (Å²) in [5.74, 6) is -3.08. The summed E-state index contributed by atoms with van der Waals surface area (Å²) in [5, 5.41) is 17.9. The number of carbonyl (C=O) groups is 4. The van der Waals surface area contributed by atoms with Crippen LogP contribution in [0.4, 0.5) is 0 Å². The van der Waals surface area contributed by atoms with Gasteiger partial charge < -0.3 is 10.2 Å². The fourth-order valence-corrected chi connectivity index (χ4v) is 4.28. The molecule has 122 valence electrons. The van der Waals surface area contributed by atoms with E-state index in [-0.39, 0.29) is 4.24 Å². The first-order valence-electron chi connectivity index (χ1n) is 6.07. The second-order valence-corrected chi connectivity index (χ2v) is 7.56. The number of halogens is 1. The molecule has 1 aliphatic heterocycles. The summed E-state index contributed by atoms with van der Waals surface area (Å²) in [4.78, 5) is 46.8. The normalized spacial score (nSPS) is 21.9. The Labute approximate surface area is 140 Å². The summed E-state index contributed by atoms with van der Waals surface area (Å²) in [5.41, 5.74) is -1.59. The molecule has 0 spiro atoms. The van der Waals surface area contributed by atoms with Crippen molar-refractivity contribution in [2.45, 2.75) is 32.4 Å². The van der Waals surface area contributed by atoms with Gasteiger partial charge in [0.15, 0.2) is 15.9 Å². The fourth-order valence-electron chi connectivity index (χ4n) is 1.82. The molecule has 1 aliphatic rings. The molecule has 0 aromatic carbocycles. The van der Waals surface area contributed by atoms with Crippen LogP contribution in [0.25, 0.3) is 0 Å². The molecular weight excluding hydrogens is 354 g/mol. The molecule has 2 N–H and O–H groups in total. The van der Waals surface area contributed by atoms with Crippen molar-refractivity contribution >= 4 is 57.2 Å². The third-order valence-corrected chi connectivity index (χ3v) is 4.99. The Morgan fingerprint density at radius 1 is 1.23 bits per heavy atom. The molecule has 1 rings (SSSR count). The molecule has 1 saturated heterocycles. The van der Waals surface area contributed by atoms with Gasteiger partial charge in [-0.2, -0.15) is 0 Å². The number of aliphatic hydroxyl groups is 1. The molecule has 0 bridgehead atoms. The number of alkyl halides is 1. The zero-order chi connectivity index (χ0) is 17.2. The topological polar surface area (TPSA) is 112 Å². The van der Waals surface area contributed by atoms with Crippen molar-refractivity contribution in [3.63, 3.8) is 0 Å². The number of hydrogen-bond donors (Lipinski definition) is 2. The Morgan fingerprint density at radius 2 is 1.68 bits per heavy atom. The smallest absolute Gasteiger partial charge is 0.354 e. The van der Waals surface area contributed by atoms with Crippen LogP contribution in [0.2, 0.25) is 0 Å². The molecule has 0 aromatic rings. The van der Waals surface area contributed by atoms with E-state index in [1.165, 1.54) is 20.8 Å². The fraction of sp³-hybridized carbons (Fsp3) is 0.500. The number of carbonyl (C=O) groups excluding carboxylic acids is 3. The number of carboxylic acid groups (broad SMARTS) is 1. The maximum atomic E-state index is 12.0. The first kappa shape index (κ1) is 19.0. The SMILES string of the molecule is CC(=O)SC(SC(C)=O)=C(C(=O)O)N1C(=O)[C@H]([C@@H](C)O)[C@@H]1Cl. The van der Waals surface area contributed by atoms with Crippen LogP contribution in [0.1, 0.15) is 20.8 Å². The third kappa shape index (κ3) is 4.03. The highest BCUT2D eigenvalue weighted by Gasteiger charge is 2.52. The van der Waals surface area contributed by atoms with Gasteiger partial charge in [-0.1, -0.05) is 11.6 Å². The van der Waals surface area contributed by atoms with Crippen LogP contribution in [-0.2, 0) is 19.2 Å². The highest BCUT2D eigenvalue weighted by atomic mass is 35.5. The Bertz CT molecular complexity index is 544. The van der Waals surface area contributed by atoms with Gasteiger partial charge in [-0.3, -0.25) is 19.3 Å². The number of likely N-dealkylation sites (tertiary alicyclic amines) is 1. The second-order valence-electron chi connectivity index (χ2n) is 4.48. The average molecular weight is 368 g/mol. The molecular formula is C12H14ClNO6S2. The zero-order valence-electron chi connectivity index (χ0n) is 11.9. The number of hydrogen-bond acceptors (Lipinski definition) is 7. The number of amides is 1. The van der Waals surface area contributed by atoms with E-state index in [0.717, 1.165) is 4.90 Å².